The topological polar surface area (TPSA) is 0 Å². The highest BCUT2D eigenvalue weighted by atomic mass is 32.1. The van der Waals surface area contributed by atoms with Crippen molar-refractivity contribution in [1.82, 2.24) is 0 Å². The molecule has 0 aliphatic heterocycles. The van der Waals surface area contributed by atoms with Crippen LogP contribution in [0.2, 0.25) is 12.6 Å². The van der Waals surface area contributed by atoms with E-state index in [0.717, 1.165) is 0 Å². The minimum atomic E-state index is -1.86. The fraction of sp³-hybridized carbons (Fsp3) is 0.333. The molecule has 3 heteroatoms. The van der Waals surface area contributed by atoms with Crippen molar-refractivity contribution < 1.29 is 0 Å². The van der Waals surface area contributed by atoms with Crippen molar-refractivity contribution in [1.29, 1.82) is 0 Å². The summed E-state index contributed by atoms with van der Waals surface area (Å²) in [5.74, 6) is 0. The van der Waals surface area contributed by atoms with Crippen molar-refractivity contribution in [3.63, 3.8) is 0 Å². The molecule has 0 fully saturated rings. The predicted octanol–water partition coefficient (Wildman–Crippen LogP) is 10.2. The van der Waals surface area contributed by atoms with Crippen LogP contribution in [0.4, 0.5) is 0 Å². The summed E-state index contributed by atoms with van der Waals surface area (Å²) in [6, 6.07) is 19.7. The molecule has 6 rings (SSSR count). The van der Waals surface area contributed by atoms with Crippen LogP contribution in [0.3, 0.4) is 0 Å². The van der Waals surface area contributed by atoms with E-state index in [1.54, 1.807) is 43.2 Å². The van der Waals surface area contributed by atoms with E-state index in [-0.39, 0.29) is 0 Å². The lowest BCUT2D eigenvalue weighted by atomic mass is 10.1. The molecule has 2 atom stereocenters. The molecular weight excluding hydrogens is 453 g/mol. The summed E-state index contributed by atoms with van der Waals surface area (Å²) >= 11 is 4.05. The third kappa shape index (κ3) is 2.79. The number of allylic oxidation sites excluding steroid dienone is 4. The number of thiophene rings is 2. The minimum Gasteiger partial charge on any atom is -0.135 e. The lowest BCUT2D eigenvalue weighted by molar-refractivity contribution is 0.909. The maximum Gasteiger partial charge on any atom is 0.0753 e. The molecule has 0 N–H and O–H groups in total. The van der Waals surface area contributed by atoms with Crippen molar-refractivity contribution in [2.75, 3.05) is 0 Å². The summed E-state index contributed by atoms with van der Waals surface area (Å²) in [5.41, 5.74) is 11.0. The Morgan fingerprint density at radius 2 is 1.12 bits per heavy atom. The van der Waals surface area contributed by atoms with E-state index < -0.39 is 8.07 Å². The third-order valence-corrected chi connectivity index (χ3v) is 17.0. The molecule has 0 radical (unpaired) electrons. The van der Waals surface area contributed by atoms with Crippen LogP contribution < -0.4 is 0 Å². The zero-order valence-corrected chi connectivity index (χ0v) is 23.1. The molecule has 168 valence electrons. The van der Waals surface area contributed by atoms with Gasteiger partial charge in [0.25, 0.3) is 0 Å². The second-order valence-corrected chi connectivity index (χ2v) is 17.2. The molecule has 2 aliphatic rings. The summed E-state index contributed by atoms with van der Waals surface area (Å²) < 4.78 is 2.92. The zero-order chi connectivity index (χ0) is 23.1. The molecular formula is C30H32S2Si. The van der Waals surface area contributed by atoms with Crippen molar-refractivity contribution in [2.45, 2.75) is 64.7 Å². The maximum atomic E-state index is 2.75. The quantitative estimate of drug-likeness (QED) is 0.253. The van der Waals surface area contributed by atoms with Gasteiger partial charge in [0.2, 0.25) is 0 Å². The Hall–Kier alpha value is -1.94. The highest BCUT2D eigenvalue weighted by Gasteiger charge is 2.52. The van der Waals surface area contributed by atoms with Gasteiger partial charge < -0.3 is 0 Å². The molecule has 2 heterocycles. The number of benzene rings is 2. The van der Waals surface area contributed by atoms with Gasteiger partial charge in [-0.3, -0.25) is 0 Å². The second kappa shape index (κ2) is 7.53. The van der Waals surface area contributed by atoms with E-state index in [2.05, 4.69) is 89.7 Å². The summed E-state index contributed by atoms with van der Waals surface area (Å²) in [6.07, 6.45) is 1.27. The Balaban J connectivity index is 1.64. The van der Waals surface area contributed by atoms with Crippen LogP contribution in [-0.2, 0) is 0 Å². The van der Waals surface area contributed by atoms with Crippen LogP contribution >= 0.6 is 22.7 Å². The van der Waals surface area contributed by atoms with Crippen LogP contribution in [0.5, 0.6) is 0 Å². The number of fused-ring (bicyclic) bond motifs is 6. The van der Waals surface area contributed by atoms with Crippen molar-refractivity contribution in [3.05, 3.63) is 80.6 Å². The summed E-state index contributed by atoms with van der Waals surface area (Å²) in [7, 11) is -1.86. The van der Waals surface area contributed by atoms with Gasteiger partial charge in [0, 0.05) is 30.2 Å². The first-order valence-electron chi connectivity index (χ1n) is 12.3. The van der Waals surface area contributed by atoms with Gasteiger partial charge in [-0.25, -0.2) is 0 Å². The number of hydrogen-bond acceptors (Lipinski definition) is 2. The average Bonchev–Trinajstić information content (AvgIpc) is 3.50. The van der Waals surface area contributed by atoms with E-state index in [1.807, 2.05) is 22.7 Å². The van der Waals surface area contributed by atoms with Gasteiger partial charge in [0.15, 0.2) is 0 Å². The van der Waals surface area contributed by atoms with E-state index in [1.165, 1.54) is 32.6 Å². The summed E-state index contributed by atoms with van der Waals surface area (Å²) in [5, 5.41) is 3.03. The first-order valence-corrected chi connectivity index (χ1v) is 16.8. The lowest BCUT2D eigenvalue weighted by Crippen LogP contribution is -2.45. The van der Waals surface area contributed by atoms with Crippen LogP contribution in [-0.4, -0.2) is 8.07 Å². The van der Waals surface area contributed by atoms with E-state index in [0.29, 0.717) is 11.1 Å². The highest BCUT2D eigenvalue weighted by Crippen LogP contribution is 2.61. The summed E-state index contributed by atoms with van der Waals surface area (Å²) in [6.45, 7) is 14.8. The molecule has 0 saturated heterocycles. The molecule has 2 aromatic heterocycles. The van der Waals surface area contributed by atoms with Crippen LogP contribution in [0, 0.1) is 0 Å². The molecule has 0 bridgehead atoms. The van der Waals surface area contributed by atoms with E-state index in [4.69, 9.17) is 0 Å². The first kappa shape index (κ1) is 21.6. The monoisotopic (exact) mass is 484 g/mol. The van der Waals surface area contributed by atoms with Crippen LogP contribution in [0.25, 0.3) is 31.3 Å². The van der Waals surface area contributed by atoms with E-state index >= 15 is 0 Å². The molecule has 0 spiro atoms. The Labute approximate surface area is 206 Å². The fourth-order valence-electron chi connectivity index (χ4n) is 7.13. The van der Waals surface area contributed by atoms with Gasteiger partial charge in [0.05, 0.1) is 8.07 Å². The zero-order valence-electron chi connectivity index (χ0n) is 20.5. The Morgan fingerprint density at radius 3 is 1.55 bits per heavy atom. The van der Waals surface area contributed by atoms with Crippen LogP contribution in [0.15, 0.2) is 59.7 Å². The van der Waals surface area contributed by atoms with Gasteiger partial charge in [-0.05, 0) is 72.9 Å². The predicted molar refractivity (Wildman–Crippen MR) is 152 cm³/mol. The third-order valence-electron chi connectivity index (χ3n) is 8.68. The summed E-state index contributed by atoms with van der Waals surface area (Å²) in [4.78, 5) is 3.14. The molecule has 0 amide bonds. The largest absolute Gasteiger partial charge is 0.135 e. The first-order chi connectivity index (χ1) is 15.9. The Morgan fingerprint density at radius 1 is 0.697 bits per heavy atom. The number of rotatable bonds is 4. The lowest BCUT2D eigenvalue weighted by Gasteiger charge is -2.42. The fourth-order valence-corrected chi connectivity index (χ4v) is 16.3. The SMILES string of the molecule is CCC[Si](C)(C1C(C)=C(C)c2sc3ccccc3c21)C1C(C)=C(C)c2sc3ccccc3c21. The molecule has 2 aliphatic carbocycles. The molecule has 33 heavy (non-hydrogen) atoms. The number of hydrogen-bond donors (Lipinski definition) is 0. The van der Waals surface area contributed by atoms with Crippen molar-refractivity contribution in [3.8, 4) is 0 Å². The molecule has 2 aromatic carbocycles. The second-order valence-electron chi connectivity index (χ2n) is 10.4. The Kier molecular flexibility index (Phi) is 4.92. The smallest absolute Gasteiger partial charge is 0.0753 e. The maximum absolute atomic E-state index is 2.75. The Bertz CT molecular complexity index is 1380. The minimum absolute atomic E-state index is 0.598. The van der Waals surface area contributed by atoms with Gasteiger partial charge in [-0.1, -0.05) is 73.5 Å². The standard InChI is InChI=1S/C30H32S2Si/c1-7-16-33(6,29-19(4)17(2)27-25(29)21-12-8-10-14-23(21)31-27)30-20(5)18(3)28-26(30)22-13-9-11-15-24(22)32-28/h8-15,29-30H,7,16H2,1-6H3. The normalized spacial score (nSPS) is 21.9. The van der Waals surface area contributed by atoms with Gasteiger partial charge >= 0.3 is 0 Å². The van der Waals surface area contributed by atoms with Crippen molar-refractivity contribution >= 4 is 62.1 Å². The molecule has 4 aromatic rings. The molecule has 0 saturated carbocycles. The molecule has 2 unspecified atom stereocenters. The average molecular weight is 485 g/mol. The van der Waals surface area contributed by atoms with Gasteiger partial charge in [-0.15, -0.1) is 22.7 Å². The van der Waals surface area contributed by atoms with E-state index in [9.17, 15) is 0 Å². The van der Waals surface area contributed by atoms with Gasteiger partial charge in [-0.2, -0.15) is 0 Å². The van der Waals surface area contributed by atoms with Crippen LogP contribution in [0.1, 0.15) is 73.0 Å². The molecule has 0 nitrogen and oxygen atoms in total. The van der Waals surface area contributed by atoms with Gasteiger partial charge in [0.1, 0.15) is 0 Å². The highest BCUT2D eigenvalue weighted by molar-refractivity contribution is 7.21. The van der Waals surface area contributed by atoms with Crippen molar-refractivity contribution in [2.24, 2.45) is 0 Å².